The molecule has 3 aromatic carbocycles. The van der Waals surface area contributed by atoms with Gasteiger partial charge in [0, 0.05) is 14.3 Å². The van der Waals surface area contributed by atoms with Crippen molar-refractivity contribution in [1.29, 1.82) is 0 Å². The van der Waals surface area contributed by atoms with Crippen molar-refractivity contribution in [1.82, 2.24) is 0 Å². The third-order valence-electron chi connectivity index (χ3n) is 2.57. The number of fused-ring (bicyclic) bond motifs is 1. The Balaban J connectivity index is 0.000000160. The van der Waals surface area contributed by atoms with Gasteiger partial charge >= 0.3 is 0 Å². The van der Waals surface area contributed by atoms with E-state index in [1.54, 1.807) is 0 Å². The second kappa shape index (κ2) is 8.47. The first kappa shape index (κ1) is 17.2. The Morgan fingerprint density at radius 1 is 0.400 bits per heavy atom. The van der Waals surface area contributed by atoms with E-state index < -0.39 is 0 Å². The third-order valence-corrected chi connectivity index (χ3v) is 5.35. The van der Waals surface area contributed by atoms with Gasteiger partial charge in [-0.05, 0) is 150 Å². The van der Waals surface area contributed by atoms with Gasteiger partial charge in [0.15, 0.2) is 0 Å². The molecule has 0 N–H and O–H groups in total. The van der Waals surface area contributed by atoms with Crippen molar-refractivity contribution in [3.8, 4) is 0 Å². The lowest BCUT2D eigenvalue weighted by molar-refractivity contribution is 1.60. The molecule has 20 heavy (non-hydrogen) atoms. The summed E-state index contributed by atoms with van der Waals surface area (Å²) >= 11 is 9.26. The van der Waals surface area contributed by atoms with E-state index in [1.807, 2.05) is 0 Å². The van der Waals surface area contributed by atoms with Gasteiger partial charge in [-0.25, -0.2) is 0 Å². The molecule has 102 valence electrons. The molecule has 0 aliphatic heterocycles. The van der Waals surface area contributed by atoms with Crippen LogP contribution in [0, 0.1) is 14.3 Å². The average Bonchev–Trinajstić information content (AvgIpc) is 2.43. The minimum atomic E-state index is 1.29. The standard InChI is InChI=1S/C10H6I2.C6H4I2/c11-9-3-1-7-5-10(12)4-2-8(7)6-9;7-5-1-2-6(8)4-3-5/h1-6H;1-4H. The van der Waals surface area contributed by atoms with E-state index in [9.17, 15) is 0 Å². The molecule has 0 saturated heterocycles. The highest BCUT2D eigenvalue weighted by molar-refractivity contribution is 14.1. The monoisotopic (exact) mass is 710 g/mol. The second-order valence-electron chi connectivity index (χ2n) is 4.07. The van der Waals surface area contributed by atoms with Crippen LogP contribution >= 0.6 is 90.4 Å². The Morgan fingerprint density at radius 2 is 0.700 bits per heavy atom. The summed E-state index contributed by atoms with van der Waals surface area (Å²) in [4.78, 5) is 0. The van der Waals surface area contributed by atoms with Crippen LogP contribution in [0.2, 0.25) is 0 Å². The van der Waals surface area contributed by atoms with Crippen LogP contribution in [0.1, 0.15) is 0 Å². The molecule has 0 aliphatic rings. The fourth-order valence-corrected chi connectivity index (χ4v) is 3.37. The Hall–Kier alpha value is 0.840. The molecule has 0 saturated carbocycles. The van der Waals surface area contributed by atoms with E-state index in [0.717, 1.165) is 0 Å². The predicted octanol–water partition coefficient (Wildman–Crippen LogP) is 6.94. The predicted molar refractivity (Wildman–Crippen MR) is 121 cm³/mol. The van der Waals surface area contributed by atoms with Gasteiger partial charge in [-0.3, -0.25) is 0 Å². The van der Waals surface area contributed by atoms with Crippen LogP contribution < -0.4 is 0 Å². The molecule has 0 nitrogen and oxygen atoms in total. The summed E-state index contributed by atoms with van der Waals surface area (Å²) in [6, 6.07) is 21.4. The van der Waals surface area contributed by atoms with Crippen LogP contribution in [0.4, 0.5) is 0 Å². The van der Waals surface area contributed by atoms with E-state index in [4.69, 9.17) is 0 Å². The van der Waals surface area contributed by atoms with E-state index >= 15 is 0 Å². The van der Waals surface area contributed by atoms with Crippen LogP contribution in [0.3, 0.4) is 0 Å². The Morgan fingerprint density at radius 3 is 1.05 bits per heavy atom. The quantitative estimate of drug-likeness (QED) is 0.222. The lowest BCUT2D eigenvalue weighted by Gasteiger charge is -1.98. The summed E-state index contributed by atoms with van der Waals surface area (Å²) in [5, 5.41) is 2.64. The summed E-state index contributed by atoms with van der Waals surface area (Å²) in [7, 11) is 0. The normalized spacial score (nSPS) is 10.0. The molecule has 0 spiro atoms. The van der Waals surface area contributed by atoms with Crippen molar-refractivity contribution in [2.75, 3.05) is 0 Å². The lowest BCUT2D eigenvalue weighted by Crippen LogP contribution is -1.76. The van der Waals surface area contributed by atoms with Crippen molar-refractivity contribution in [2.45, 2.75) is 0 Å². The van der Waals surface area contributed by atoms with Crippen molar-refractivity contribution < 1.29 is 0 Å². The highest BCUT2D eigenvalue weighted by Crippen LogP contribution is 2.19. The van der Waals surface area contributed by atoms with Gasteiger partial charge in [-0.2, -0.15) is 0 Å². The Labute approximate surface area is 173 Å². The highest BCUT2D eigenvalue weighted by atomic mass is 127. The van der Waals surface area contributed by atoms with Crippen LogP contribution in [0.15, 0.2) is 60.7 Å². The van der Waals surface area contributed by atoms with E-state index in [1.165, 1.54) is 25.1 Å². The summed E-state index contributed by atoms with van der Waals surface area (Å²) in [6.07, 6.45) is 0. The molecule has 0 fully saturated rings. The van der Waals surface area contributed by atoms with E-state index in [0.29, 0.717) is 0 Å². The van der Waals surface area contributed by atoms with Gasteiger partial charge in [0.1, 0.15) is 0 Å². The number of rotatable bonds is 0. The maximum absolute atomic E-state index is 2.33. The summed E-state index contributed by atoms with van der Waals surface area (Å²) in [5.74, 6) is 0. The van der Waals surface area contributed by atoms with Gasteiger partial charge in [-0.15, -0.1) is 0 Å². The third kappa shape index (κ3) is 5.56. The summed E-state index contributed by atoms with van der Waals surface area (Å²) in [5.41, 5.74) is 0. The van der Waals surface area contributed by atoms with Crippen molar-refractivity contribution in [2.24, 2.45) is 0 Å². The summed E-state index contributed by atoms with van der Waals surface area (Å²) < 4.78 is 5.17. The molecular formula is C16H10I4. The number of benzene rings is 3. The van der Waals surface area contributed by atoms with E-state index in [2.05, 4.69) is 151 Å². The van der Waals surface area contributed by atoms with Crippen molar-refractivity contribution in [3.05, 3.63) is 74.9 Å². The molecule has 0 radical (unpaired) electrons. The molecule has 3 aromatic rings. The smallest absolute Gasteiger partial charge is 0.0136 e. The Bertz CT molecular complexity index is 643. The summed E-state index contributed by atoms with van der Waals surface area (Å²) in [6.45, 7) is 0. The molecule has 0 bridgehead atoms. The molecule has 0 atom stereocenters. The molecular weight excluding hydrogens is 700 g/mol. The minimum Gasteiger partial charge on any atom is -0.0533 e. The molecule has 0 aromatic heterocycles. The first-order valence-electron chi connectivity index (χ1n) is 5.80. The largest absolute Gasteiger partial charge is 0.0533 e. The van der Waals surface area contributed by atoms with E-state index in [-0.39, 0.29) is 0 Å². The minimum absolute atomic E-state index is 1.29. The van der Waals surface area contributed by atoms with Crippen molar-refractivity contribution >= 4 is 101 Å². The Kier molecular flexibility index (Phi) is 7.28. The van der Waals surface area contributed by atoms with Gasteiger partial charge in [-0.1, -0.05) is 12.1 Å². The zero-order valence-corrected chi connectivity index (χ0v) is 18.9. The van der Waals surface area contributed by atoms with Gasteiger partial charge in [0.05, 0.1) is 0 Å². The van der Waals surface area contributed by atoms with Crippen LogP contribution in [0.5, 0.6) is 0 Å². The zero-order valence-electron chi connectivity index (χ0n) is 10.3. The maximum Gasteiger partial charge on any atom is 0.0136 e. The second-order valence-corrected chi connectivity index (χ2v) is 9.05. The fraction of sp³-hybridized carbons (Fsp3) is 0. The molecule has 0 unspecified atom stereocenters. The molecule has 4 heteroatoms. The van der Waals surface area contributed by atoms with Gasteiger partial charge in [0.2, 0.25) is 0 Å². The first-order valence-corrected chi connectivity index (χ1v) is 10.1. The van der Waals surface area contributed by atoms with Crippen LogP contribution in [-0.4, -0.2) is 0 Å². The lowest BCUT2D eigenvalue weighted by atomic mass is 10.1. The SMILES string of the molecule is Ic1ccc(I)cc1.Ic1ccc2cc(I)ccc2c1. The van der Waals surface area contributed by atoms with Gasteiger partial charge < -0.3 is 0 Å². The van der Waals surface area contributed by atoms with Crippen molar-refractivity contribution in [3.63, 3.8) is 0 Å². The van der Waals surface area contributed by atoms with Gasteiger partial charge in [0.25, 0.3) is 0 Å². The molecule has 0 heterocycles. The average molecular weight is 710 g/mol. The number of halogens is 4. The van der Waals surface area contributed by atoms with Crippen LogP contribution in [-0.2, 0) is 0 Å². The first-order chi connectivity index (χ1) is 9.54. The molecule has 0 amide bonds. The zero-order chi connectivity index (χ0) is 14.5. The molecule has 0 aliphatic carbocycles. The maximum atomic E-state index is 2.33. The number of hydrogen-bond acceptors (Lipinski definition) is 0. The van der Waals surface area contributed by atoms with Crippen LogP contribution in [0.25, 0.3) is 10.8 Å². The fourth-order valence-electron chi connectivity index (χ4n) is 1.62. The molecule has 3 rings (SSSR count). The topological polar surface area (TPSA) is 0 Å². The number of hydrogen-bond donors (Lipinski definition) is 0. The highest BCUT2D eigenvalue weighted by Gasteiger charge is 1.94.